The van der Waals surface area contributed by atoms with E-state index in [1.807, 2.05) is 19.1 Å². The Morgan fingerprint density at radius 1 is 1.17 bits per heavy atom. The molecule has 2 nitrogen and oxygen atoms in total. The molecule has 18 heavy (non-hydrogen) atoms. The van der Waals surface area contributed by atoms with Gasteiger partial charge in [-0.2, -0.15) is 0 Å². The van der Waals surface area contributed by atoms with Crippen LogP contribution in [0.1, 0.15) is 56.5 Å². The fourth-order valence-electron chi connectivity index (χ4n) is 1.68. The number of hydrogen-bond donors (Lipinski definition) is 0. The van der Waals surface area contributed by atoms with Crippen molar-refractivity contribution in [2.24, 2.45) is 0 Å². The minimum Gasteiger partial charge on any atom is -0.297 e. The predicted octanol–water partition coefficient (Wildman–Crippen LogP) is 3.90. The second kappa shape index (κ2) is 6.14. The van der Waals surface area contributed by atoms with Crippen molar-refractivity contribution in [1.82, 2.24) is 4.90 Å². The van der Waals surface area contributed by atoms with E-state index in [-0.39, 0.29) is 11.3 Å². The molecule has 1 rings (SSSR count). The van der Waals surface area contributed by atoms with Crippen molar-refractivity contribution < 1.29 is 4.79 Å². The molecule has 0 atom stereocenters. The van der Waals surface area contributed by atoms with Gasteiger partial charge in [0.2, 0.25) is 0 Å². The van der Waals surface area contributed by atoms with Gasteiger partial charge in [-0.15, -0.1) is 0 Å². The Hall–Kier alpha value is -1.15. The van der Waals surface area contributed by atoms with Crippen LogP contribution in [0.3, 0.4) is 0 Å². The van der Waals surface area contributed by atoms with E-state index in [0.29, 0.717) is 6.42 Å². The zero-order chi connectivity index (χ0) is 13.8. The maximum atomic E-state index is 11.7. The monoisotopic (exact) mass is 247 g/mol. The van der Waals surface area contributed by atoms with E-state index in [1.54, 1.807) is 0 Å². The van der Waals surface area contributed by atoms with Crippen LogP contribution in [0.25, 0.3) is 0 Å². The van der Waals surface area contributed by atoms with Crippen molar-refractivity contribution in [3.63, 3.8) is 0 Å². The first-order valence-electron chi connectivity index (χ1n) is 6.68. The van der Waals surface area contributed by atoms with Crippen LogP contribution in [-0.4, -0.2) is 23.3 Å². The first-order chi connectivity index (χ1) is 8.34. The second-order valence-corrected chi connectivity index (χ2v) is 5.90. The van der Waals surface area contributed by atoms with Gasteiger partial charge in [-0.25, -0.2) is 0 Å². The normalized spacial score (nSPS) is 11.9. The number of rotatable bonds is 5. The lowest BCUT2D eigenvalue weighted by Crippen LogP contribution is -2.37. The molecule has 0 spiro atoms. The summed E-state index contributed by atoms with van der Waals surface area (Å²) in [5.74, 6) is 0.244. The van der Waals surface area contributed by atoms with Crippen LogP contribution in [0.15, 0.2) is 24.3 Å². The summed E-state index contributed by atoms with van der Waals surface area (Å²) in [5, 5.41) is 0. The van der Waals surface area contributed by atoms with Crippen LogP contribution < -0.4 is 0 Å². The summed E-state index contributed by atoms with van der Waals surface area (Å²) in [7, 11) is 2.12. The van der Waals surface area contributed by atoms with Crippen molar-refractivity contribution in [2.75, 3.05) is 7.05 Å². The van der Waals surface area contributed by atoms with E-state index in [9.17, 15) is 4.79 Å². The zero-order valence-electron chi connectivity index (χ0n) is 12.3. The van der Waals surface area contributed by atoms with Gasteiger partial charge in [-0.3, -0.25) is 9.69 Å². The predicted molar refractivity (Wildman–Crippen MR) is 76.9 cm³/mol. The standard InChI is InChI=1S/C16H25NO/c1-6-7-15(18)14-10-8-13(9-11-14)12-17(5)16(2,3)4/h8-11H,6-7,12H2,1-5H3. The average Bonchev–Trinajstić information content (AvgIpc) is 2.29. The quantitative estimate of drug-likeness (QED) is 0.735. The highest BCUT2D eigenvalue weighted by Gasteiger charge is 2.16. The lowest BCUT2D eigenvalue weighted by atomic mass is 10.0. The molecule has 1 aromatic rings. The van der Waals surface area contributed by atoms with Crippen molar-refractivity contribution in [1.29, 1.82) is 0 Å². The van der Waals surface area contributed by atoms with Gasteiger partial charge in [-0.05, 0) is 39.8 Å². The Labute approximate surface area is 111 Å². The third-order valence-corrected chi connectivity index (χ3v) is 3.32. The van der Waals surface area contributed by atoms with E-state index >= 15 is 0 Å². The highest BCUT2D eigenvalue weighted by molar-refractivity contribution is 5.95. The molecule has 0 aliphatic carbocycles. The first-order valence-corrected chi connectivity index (χ1v) is 6.68. The summed E-state index contributed by atoms with van der Waals surface area (Å²) in [6.45, 7) is 9.54. The summed E-state index contributed by atoms with van der Waals surface area (Å²) >= 11 is 0. The van der Waals surface area contributed by atoms with Gasteiger partial charge in [0.05, 0.1) is 0 Å². The highest BCUT2D eigenvalue weighted by Crippen LogP contribution is 2.15. The third-order valence-electron chi connectivity index (χ3n) is 3.32. The molecule has 0 amide bonds. The van der Waals surface area contributed by atoms with E-state index in [0.717, 1.165) is 18.5 Å². The van der Waals surface area contributed by atoms with Crippen LogP contribution in [-0.2, 0) is 6.54 Å². The summed E-state index contributed by atoms with van der Waals surface area (Å²) in [6.07, 6.45) is 1.55. The van der Waals surface area contributed by atoms with Gasteiger partial charge in [0.25, 0.3) is 0 Å². The van der Waals surface area contributed by atoms with Gasteiger partial charge < -0.3 is 0 Å². The molecule has 0 fully saturated rings. The fourth-order valence-corrected chi connectivity index (χ4v) is 1.68. The molecule has 0 saturated carbocycles. The van der Waals surface area contributed by atoms with Crippen molar-refractivity contribution >= 4 is 5.78 Å². The Kier molecular flexibility index (Phi) is 5.09. The Morgan fingerprint density at radius 2 is 1.72 bits per heavy atom. The highest BCUT2D eigenvalue weighted by atomic mass is 16.1. The van der Waals surface area contributed by atoms with E-state index in [4.69, 9.17) is 0 Å². The Bertz CT molecular complexity index is 387. The number of ketones is 1. The van der Waals surface area contributed by atoms with Crippen LogP contribution in [0, 0.1) is 0 Å². The number of carbonyl (C=O) groups excluding carboxylic acids is 1. The van der Waals surface area contributed by atoms with E-state index in [1.165, 1.54) is 5.56 Å². The van der Waals surface area contributed by atoms with Crippen LogP contribution in [0.4, 0.5) is 0 Å². The number of nitrogens with zero attached hydrogens (tertiary/aromatic N) is 1. The minimum absolute atomic E-state index is 0.163. The van der Waals surface area contributed by atoms with Crippen LogP contribution >= 0.6 is 0 Å². The Morgan fingerprint density at radius 3 is 2.17 bits per heavy atom. The van der Waals surface area contributed by atoms with Crippen molar-refractivity contribution in [3.8, 4) is 0 Å². The molecule has 0 aliphatic heterocycles. The second-order valence-electron chi connectivity index (χ2n) is 5.90. The summed E-state index contributed by atoms with van der Waals surface area (Å²) in [5.41, 5.74) is 2.25. The van der Waals surface area contributed by atoms with Crippen LogP contribution in [0.2, 0.25) is 0 Å². The largest absolute Gasteiger partial charge is 0.297 e. The molecule has 100 valence electrons. The minimum atomic E-state index is 0.163. The lowest BCUT2D eigenvalue weighted by Gasteiger charge is -2.31. The maximum absolute atomic E-state index is 11.7. The molecule has 1 aromatic carbocycles. The van der Waals surface area contributed by atoms with Gasteiger partial charge in [-0.1, -0.05) is 31.2 Å². The first kappa shape index (κ1) is 14.9. The molecule has 0 aromatic heterocycles. The fraction of sp³-hybridized carbons (Fsp3) is 0.562. The average molecular weight is 247 g/mol. The molecule has 0 saturated heterocycles. The van der Waals surface area contributed by atoms with E-state index < -0.39 is 0 Å². The Balaban J connectivity index is 2.69. The third kappa shape index (κ3) is 4.26. The summed E-state index contributed by atoms with van der Waals surface area (Å²) < 4.78 is 0. The molecule has 0 heterocycles. The molecular formula is C16H25NO. The SMILES string of the molecule is CCCC(=O)c1ccc(CN(C)C(C)(C)C)cc1. The maximum Gasteiger partial charge on any atom is 0.162 e. The van der Waals surface area contributed by atoms with Gasteiger partial charge in [0, 0.05) is 24.1 Å². The smallest absolute Gasteiger partial charge is 0.162 e. The van der Waals surface area contributed by atoms with Crippen molar-refractivity contribution in [3.05, 3.63) is 35.4 Å². The van der Waals surface area contributed by atoms with Gasteiger partial charge in [0.15, 0.2) is 5.78 Å². The molecule has 0 radical (unpaired) electrons. The molecular weight excluding hydrogens is 222 g/mol. The van der Waals surface area contributed by atoms with E-state index in [2.05, 4.69) is 44.9 Å². The number of carbonyl (C=O) groups is 1. The molecule has 2 heteroatoms. The molecule has 0 bridgehead atoms. The van der Waals surface area contributed by atoms with Gasteiger partial charge in [0.1, 0.15) is 0 Å². The molecule has 0 aliphatic rings. The van der Waals surface area contributed by atoms with Gasteiger partial charge >= 0.3 is 0 Å². The number of benzene rings is 1. The number of hydrogen-bond acceptors (Lipinski definition) is 2. The lowest BCUT2D eigenvalue weighted by molar-refractivity contribution is 0.0981. The topological polar surface area (TPSA) is 20.3 Å². The molecule has 0 unspecified atom stereocenters. The summed E-state index contributed by atoms with van der Waals surface area (Å²) in [4.78, 5) is 14.0. The van der Waals surface area contributed by atoms with Crippen molar-refractivity contribution in [2.45, 2.75) is 52.6 Å². The zero-order valence-corrected chi connectivity index (χ0v) is 12.3. The molecule has 0 N–H and O–H groups in total. The summed E-state index contributed by atoms with van der Waals surface area (Å²) in [6, 6.07) is 8.02. The van der Waals surface area contributed by atoms with Crippen LogP contribution in [0.5, 0.6) is 0 Å². The number of Topliss-reactive ketones (excluding diaryl/α,β-unsaturated/α-hetero) is 1.